The van der Waals surface area contributed by atoms with Gasteiger partial charge in [0, 0.05) is 24.1 Å². The summed E-state index contributed by atoms with van der Waals surface area (Å²) in [6, 6.07) is 7.63. The van der Waals surface area contributed by atoms with Gasteiger partial charge in [0.15, 0.2) is 0 Å². The Hall–Kier alpha value is -1.56. The molecular formula is C16H24Cl2N4O. The van der Waals surface area contributed by atoms with Crippen molar-refractivity contribution < 1.29 is 4.79 Å². The van der Waals surface area contributed by atoms with Gasteiger partial charge in [-0.05, 0) is 44.5 Å². The lowest BCUT2D eigenvalue weighted by atomic mass is 10.1. The molecule has 0 aliphatic carbocycles. The number of aryl methyl sites for hydroxylation is 1. The second-order valence-electron chi connectivity index (χ2n) is 5.36. The Bertz CT molecular complexity index is 629. The molecule has 0 fully saturated rings. The molecule has 2 aromatic rings. The van der Waals surface area contributed by atoms with Gasteiger partial charge in [-0.2, -0.15) is 0 Å². The minimum atomic E-state index is -0.0643. The van der Waals surface area contributed by atoms with E-state index in [0.717, 1.165) is 17.2 Å². The molecule has 2 heterocycles. The third-order valence-corrected chi connectivity index (χ3v) is 3.57. The van der Waals surface area contributed by atoms with Crippen LogP contribution in [-0.4, -0.2) is 28.5 Å². The molecule has 128 valence electrons. The number of carbonyl (C=O) groups excluding carboxylic acids is 1. The zero-order valence-electron chi connectivity index (χ0n) is 13.6. The normalized spacial score (nSPS) is 11.1. The van der Waals surface area contributed by atoms with E-state index in [4.69, 9.17) is 5.73 Å². The summed E-state index contributed by atoms with van der Waals surface area (Å²) in [4.78, 5) is 16.6. The monoisotopic (exact) mass is 358 g/mol. The van der Waals surface area contributed by atoms with E-state index in [1.165, 1.54) is 0 Å². The first kappa shape index (κ1) is 21.4. The summed E-state index contributed by atoms with van der Waals surface area (Å²) in [6.07, 6.45) is 1.75. The van der Waals surface area contributed by atoms with E-state index in [2.05, 4.69) is 10.3 Å². The lowest BCUT2D eigenvalue weighted by Crippen LogP contribution is -2.31. The summed E-state index contributed by atoms with van der Waals surface area (Å²) in [5, 5.41) is 2.93. The van der Waals surface area contributed by atoms with Crippen LogP contribution in [0.15, 0.2) is 30.5 Å². The number of nitrogens with one attached hydrogen (secondary N) is 1. The maximum absolute atomic E-state index is 12.3. The highest BCUT2D eigenvalue weighted by Crippen LogP contribution is 2.19. The van der Waals surface area contributed by atoms with E-state index in [0.29, 0.717) is 18.7 Å². The number of pyridine rings is 1. The Balaban J connectivity index is 0.00000242. The Labute approximate surface area is 149 Å². The fourth-order valence-electron chi connectivity index (χ4n) is 2.28. The Morgan fingerprint density at radius 3 is 2.61 bits per heavy atom. The van der Waals surface area contributed by atoms with Gasteiger partial charge < -0.3 is 15.6 Å². The smallest absolute Gasteiger partial charge is 0.253 e. The molecule has 7 heteroatoms. The van der Waals surface area contributed by atoms with Gasteiger partial charge in [0.25, 0.3) is 5.91 Å². The fourth-order valence-corrected chi connectivity index (χ4v) is 2.28. The first-order valence-corrected chi connectivity index (χ1v) is 7.13. The standard InChI is InChI=1S/C16H22N4O.2ClH/c1-11(9-17)10-19-16(21)14-8-12(2)20(13(14)3)15-6-4-5-7-18-15;;/h4-8,11H,9-10,17H2,1-3H3,(H,19,21);2*1H. The minimum Gasteiger partial charge on any atom is -0.352 e. The van der Waals surface area contributed by atoms with Crippen molar-refractivity contribution in [3.8, 4) is 5.82 Å². The first-order valence-electron chi connectivity index (χ1n) is 7.13. The SMILES string of the molecule is Cc1cc(C(=O)NCC(C)CN)c(C)n1-c1ccccn1.Cl.Cl. The minimum absolute atomic E-state index is 0. The topological polar surface area (TPSA) is 72.9 Å². The van der Waals surface area contributed by atoms with Crippen LogP contribution in [0.2, 0.25) is 0 Å². The van der Waals surface area contributed by atoms with Crippen LogP contribution in [0.1, 0.15) is 28.7 Å². The van der Waals surface area contributed by atoms with Crippen molar-refractivity contribution >= 4 is 30.7 Å². The molecule has 2 rings (SSSR count). The number of carbonyl (C=O) groups is 1. The van der Waals surface area contributed by atoms with Crippen molar-refractivity contribution in [3.63, 3.8) is 0 Å². The Morgan fingerprint density at radius 2 is 2.04 bits per heavy atom. The highest BCUT2D eigenvalue weighted by molar-refractivity contribution is 5.95. The van der Waals surface area contributed by atoms with Crippen LogP contribution in [0.4, 0.5) is 0 Å². The molecule has 0 bridgehead atoms. The number of nitrogens with zero attached hydrogens (tertiary/aromatic N) is 2. The van der Waals surface area contributed by atoms with E-state index in [1.807, 2.05) is 49.6 Å². The number of hydrogen-bond donors (Lipinski definition) is 2. The summed E-state index contributed by atoms with van der Waals surface area (Å²) in [5.41, 5.74) is 8.13. The van der Waals surface area contributed by atoms with Crippen molar-refractivity contribution in [3.05, 3.63) is 47.4 Å². The number of amides is 1. The highest BCUT2D eigenvalue weighted by Gasteiger charge is 2.17. The molecule has 1 unspecified atom stereocenters. The van der Waals surface area contributed by atoms with Crippen LogP contribution in [0.25, 0.3) is 5.82 Å². The van der Waals surface area contributed by atoms with Crippen molar-refractivity contribution in [2.45, 2.75) is 20.8 Å². The summed E-state index contributed by atoms with van der Waals surface area (Å²) in [5.74, 6) is 1.03. The van der Waals surface area contributed by atoms with E-state index in [9.17, 15) is 4.79 Å². The average Bonchev–Trinajstić information content (AvgIpc) is 2.80. The molecule has 1 atom stereocenters. The van der Waals surface area contributed by atoms with Gasteiger partial charge in [0.1, 0.15) is 5.82 Å². The largest absolute Gasteiger partial charge is 0.352 e. The van der Waals surface area contributed by atoms with Crippen LogP contribution in [0, 0.1) is 19.8 Å². The maximum atomic E-state index is 12.3. The predicted molar refractivity (Wildman–Crippen MR) is 98.1 cm³/mol. The molecule has 0 aliphatic rings. The lowest BCUT2D eigenvalue weighted by Gasteiger charge is -2.11. The third kappa shape index (κ3) is 4.96. The van der Waals surface area contributed by atoms with E-state index >= 15 is 0 Å². The molecule has 0 saturated carbocycles. The van der Waals surface area contributed by atoms with Gasteiger partial charge in [0.2, 0.25) is 0 Å². The molecular weight excluding hydrogens is 335 g/mol. The third-order valence-electron chi connectivity index (χ3n) is 3.57. The van der Waals surface area contributed by atoms with E-state index in [1.54, 1.807) is 6.20 Å². The molecule has 0 radical (unpaired) electrons. The summed E-state index contributed by atoms with van der Waals surface area (Å²) < 4.78 is 1.99. The number of aromatic nitrogens is 2. The average molecular weight is 359 g/mol. The van der Waals surface area contributed by atoms with Gasteiger partial charge in [-0.25, -0.2) is 4.98 Å². The van der Waals surface area contributed by atoms with Gasteiger partial charge in [-0.1, -0.05) is 13.0 Å². The fraction of sp³-hybridized carbons (Fsp3) is 0.375. The molecule has 1 amide bonds. The van der Waals surface area contributed by atoms with Gasteiger partial charge in [0.05, 0.1) is 5.56 Å². The number of halogens is 2. The van der Waals surface area contributed by atoms with Crippen LogP contribution in [-0.2, 0) is 0 Å². The molecule has 5 nitrogen and oxygen atoms in total. The van der Waals surface area contributed by atoms with Crippen molar-refractivity contribution in [1.29, 1.82) is 0 Å². The zero-order valence-corrected chi connectivity index (χ0v) is 15.2. The molecule has 3 N–H and O–H groups in total. The number of hydrogen-bond acceptors (Lipinski definition) is 3. The predicted octanol–water partition coefficient (Wildman–Crippen LogP) is 2.66. The Kier molecular flexibility index (Phi) is 8.90. The molecule has 0 aromatic carbocycles. The Morgan fingerprint density at radius 1 is 1.35 bits per heavy atom. The summed E-state index contributed by atoms with van der Waals surface area (Å²) >= 11 is 0. The maximum Gasteiger partial charge on any atom is 0.253 e. The molecule has 23 heavy (non-hydrogen) atoms. The van der Waals surface area contributed by atoms with Crippen molar-refractivity contribution in [1.82, 2.24) is 14.9 Å². The second kappa shape index (κ2) is 9.55. The summed E-state index contributed by atoms with van der Waals surface area (Å²) in [6.45, 7) is 7.07. The molecule has 0 aliphatic heterocycles. The zero-order chi connectivity index (χ0) is 15.4. The van der Waals surface area contributed by atoms with Crippen LogP contribution < -0.4 is 11.1 Å². The van der Waals surface area contributed by atoms with Crippen molar-refractivity contribution in [2.75, 3.05) is 13.1 Å². The second-order valence-corrected chi connectivity index (χ2v) is 5.36. The van der Waals surface area contributed by atoms with Crippen LogP contribution >= 0.6 is 24.8 Å². The van der Waals surface area contributed by atoms with Crippen molar-refractivity contribution in [2.24, 2.45) is 11.7 Å². The summed E-state index contributed by atoms with van der Waals surface area (Å²) in [7, 11) is 0. The van der Waals surface area contributed by atoms with Gasteiger partial charge >= 0.3 is 0 Å². The van der Waals surface area contributed by atoms with E-state index < -0.39 is 0 Å². The van der Waals surface area contributed by atoms with Gasteiger partial charge in [-0.3, -0.25) is 4.79 Å². The van der Waals surface area contributed by atoms with Crippen LogP contribution in [0.3, 0.4) is 0 Å². The quantitative estimate of drug-likeness (QED) is 0.862. The van der Waals surface area contributed by atoms with E-state index in [-0.39, 0.29) is 36.6 Å². The van der Waals surface area contributed by atoms with Gasteiger partial charge in [-0.15, -0.1) is 24.8 Å². The number of rotatable bonds is 5. The number of nitrogens with two attached hydrogens (primary N) is 1. The van der Waals surface area contributed by atoms with Crippen LogP contribution in [0.5, 0.6) is 0 Å². The molecule has 0 saturated heterocycles. The molecule has 2 aromatic heterocycles. The lowest BCUT2D eigenvalue weighted by molar-refractivity contribution is 0.0948. The first-order chi connectivity index (χ1) is 10.0. The highest BCUT2D eigenvalue weighted by atomic mass is 35.5. The molecule has 0 spiro atoms.